The Morgan fingerprint density at radius 3 is 2.77 bits per heavy atom. The maximum atomic E-state index is 12.8. The van der Waals surface area contributed by atoms with Gasteiger partial charge in [0.2, 0.25) is 0 Å². The monoisotopic (exact) mass is 371 g/mol. The number of hydrogen-bond donors (Lipinski definition) is 2. The largest absolute Gasteiger partial charge is 0.378 e. The molecule has 0 saturated carbocycles. The van der Waals surface area contributed by atoms with Crippen LogP contribution in [0.2, 0.25) is 0 Å². The Hall–Kier alpha value is -2.78. The van der Waals surface area contributed by atoms with Gasteiger partial charge in [-0.15, -0.1) is 0 Å². The lowest BCUT2D eigenvalue weighted by Crippen LogP contribution is -2.35. The zero-order chi connectivity index (χ0) is 18.3. The molecule has 134 valence electrons. The van der Waals surface area contributed by atoms with Crippen molar-refractivity contribution >= 4 is 28.8 Å². The molecule has 0 aromatic carbocycles. The number of ether oxygens (including phenoxy) is 1. The number of nitrogens with two attached hydrogens (primary N) is 1. The number of aromatic nitrogens is 3. The molecule has 1 aliphatic rings. The first kappa shape index (κ1) is 16.7. The average molecular weight is 371 g/mol. The van der Waals surface area contributed by atoms with Crippen LogP contribution < -0.4 is 11.1 Å². The predicted octanol–water partition coefficient (Wildman–Crippen LogP) is 0.933. The van der Waals surface area contributed by atoms with Gasteiger partial charge in [0.1, 0.15) is 5.69 Å². The molecular weight excluding hydrogens is 354 g/mol. The van der Waals surface area contributed by atoms with E-state index in [2.05, 4.69) is 26.2 Å². The maximum absolute atomic E-state index is 12.8. The average Bonchev–Trinajstić information content (AvgIpc) is 3.26. The topological polar surface area (TPSA) is 112 Å². The minimum absolute atomic E-state index is 0.0538. The summed E-state index contributed by atoms with van der Waals surface area (Å²) in [4.78, 5) is 29.0. The van der Waals surface area contributed by atoms with Gasteiger partial charge in [0.15, 0.2) is 11.3 Å². The molecule has 9 heteroatoms. The lowest BCUT2D eigenvalue weighted by molar-refractivity contribution is 0.0937. The van der Waals surface area contributed by atoms with Gasteiger partial charge < -0.3 is 15.8 Å². The van der Waals surface area contributed by atoms with Gasteiger partial charge in [-0.05, 0) is 40.8 Å². The van der Waals surface area contributed by atoms with Crippen LogP contribution in [0, 0.1) is 0 Å². The van der Waals surface area contributed by atoms with E-state index in [9.17, 15) is 9.59 Å². The van der Waals surface area contributed by atoms with E-state index in [-0.39, 0.29) is 29.9 Å². The highest BCUT2D eigenvalue weighted by Gasteiger charge is 2.26. The van der Waals surface area contributed by atoms with Crippen molar-refractivity contribution < 1.29 is 14.3 Å². The van der Waals surface area contributed by atoms with Crippen LogP contribution in [0.5, 0.6) is 0 Å². The quantitative estimate of drug-likeness (QED) is 0.693. The molecule has 0 saturated heterocycles. The highest BCUT2D eigenvalue weighted by molar-refractivity contribution is 7.08. The van der Waals surface area contributed by atoms with E-state index in [0.29, 0.717) is 11.3 Å². The van der Waals surface area contributed by atoms with Crippen molar-refractivity contribution in [2.75, 3.05) is 7.11 Å². The first-order valence-electron chi connectivity index (χ1n) is 8.08. The Morgan fingerprint density at radius 2 is 2.12 bits per heavy atom. The summed E-state index contributed by atoms with van der Waals surface area (Å²) in [6, 6.07) is 1.64. The summed E-state index contributed by atoms with van der Waals surface area (Å²) >= 11 is 1.68. The lowest BCUT2D eigenvalue weighted by atomic mass is 10.2. The normalized spacial score (nSPS) is 13.9. The summed E-state index contributed by atoms with van der Waals surface area (Å²) in [5.74, 6) is -0.921. The molecule has 0 spiro atoms. The number of amides is 2. The van der Waals surface area contributed by atoms with Crippen molar-refractivity contribution in [1.29, 1.82) is 0 Å². The Morgan fingerprint density at radius 1 is 1.38 bits per heavy atom. The molecule has 3 N–H and O–H groups in total. The molecule has 0 fully saturated rings. The fourth-order valence-electron chi connectivity index (χ4n) is 3.33. The van der Waals surface area contributed by atoms with Crippen molar-refractivity contribution in [1.82, 2.24) is 19.9 Å². The van der Waals surface area contributed by atoms with E-state index in [4.69, 9.17) is 10.5 Å². The minimum Gasteiger partial charge on any atom is -0.378 e. The zero-order valence-corrected chi connectivity index (χ0v) is 14.9. The minimum atomic E-state index is -0.672. The van der Waals surface area contributed by atoms with Crippen LogP contribution in [0.1, 0.15) is 37.7 Å². The number of primary amides is 1. The number of thiophene rings is 1. The van der Waals surface area contributed by atoms with Crippen molar-refractivity contribution in [2.45, 2.75) is 25.5 Å². The van der Waals surface area contributed by atoms with Gasteiger partial charge in [-0.2, -0.15) is 16.4 Å². The van der Waals surface area contributed by atoms with Gasteiger partial charge in [-0.25, -0.2) is 9.50 Å². The molecule has 3 aromatic heterocycles. The first-order valence-corrected chi connectivity index (χ1v) is 9.03. The molecule has 3 heterocycles. The molecule has 0 aliphatic heterocycles. The van der Waals surface area contributed by atoms with E-state index < -0.39 is 5.91 Å². The van der Waals surface area contributed by atoms with Crippen molar-refractivity contribution in [3.63, 3.8) is 0 Å². The molecular formula is C17H17N5O3S. The molecule has 0 unspecified atom stereocenters. The van der Waals surface area contributed by atoms with E-state index in [0.717, 1.165) is 12.8 Å². The molecule has 26 heavy (non-hydrogen) atoms. The molecule has 0 bridgehead atoms. The molecule has 4 rings (SSSR count). The molecule has 0 atom stereocenters. The lowest BCUT2D eigenvalue weighted by Gasteiger charge is -2.12. The predicted molar refractivity (Wildman–Crippen MR) is 95.2 cm³/mol. The number of hydrogen-bond acceptors (Lipinski definition) is 6. The highest BCUT2D eigenvalue weighted by Crippen LogP contribution is 2.26. The van der Waals surface area contributed by atoms with Crippen molar-refractivity contribution in [2.24, 2.45) is 5.73 Å². The molecule has 3 aromatic rings. The molecule has 1 aliphatic carbocycles. The van der Waals surface area contributed by atoms with Gasteiger partial charge in [-0.3, -0.25) is 9.59 Å². The van der Waals surface area contributed by atoms with Crippen LogP contribution >= 0.6 is 11.3 Å². The summed E-state index contributed by atoms with van der Waals surface area (Å²) in [6.45, 7) is 0.102. The Balaban J connectivity index is 1.66. The van der Waals surface area contributed by atoms with Crippen molar-refractivity contribution in [3.05, 3.63) is 51.1 Å². The summed E-state index contributed by atoms with van der Waals surface area (Å²) in [5, 5.41) is 11.4. The van der Waals surface area contributed by atoms with Crippen LogP contribution in [0.3, 0.4) is 0 Å². The fourth-order valence-corrected chi connectivity index (χ4v) is 4.22. The SMILES string of the molecule is COCc1nc2c(C(=O)NC3Cc4cscc4C3)ccnn2c1C(N)=O. The number of carbonyl (C=O) groups excluding carboxylic acids is 2. The van der Waals surface area contributed by atoms with Crippen LogP contribution in [-0.2, 0) is 24.2 Å². The number of rotatable bonds is 5. The van der Waals surface area contributed by atoms with E-state index in [1.54, 1.807) is 17.4 Å². The highest BCUT2D eigenvalue weighted by atomic mass is 32.1. The fraction of sp³-hybridized carbons (Fsp3) is 0.294. The first-order chi connectivity index (χ1) is 12.6. The van der Waals surface area contributed by atoms with Gasteiger partial charge in [-0.1, -0.05) is 0 Å². The number of fused-ring (bicyclic) bond motifs is 2. The van der Waals surface area contributed by atoms with Crippen LogP contribution in [0.25, 0.3) is 5.65 Å². The Labute approximate surface area is 153 Å². The standard InChI is InChI=1S/C17H17N5O3S/c1-25-6-13-14(15(18)23)22-16(21-13)12(2-3-19-22)17(24)20-11-4-9-7-26-8-10(9)5-11/h2-3,7-8,11H,4-6H2,1H3,(H2,18,23)(H,20,24). The third-order valence-corrected chi connectivity index (χ3v) is 5.29. The summed E-state index contributed by atoms with van der Waals surface area (Å²) in [7, 11) is 1.49. The second-order valence-corrected chi connectivity index (χ2v) is 6.93. The zero-order valence-electron chi connectivity index (χ0n) is 14.1. The van der Waals surface area contributed by atoms with Gasteiger partial charge in [0.05, 0.1) is 12.2 Å². The van der Waals surface area contributed by atoms with Gasteiger partial charge in [0, 0.05) is 19.3 Å². The summed E-state index contributed by atoms with van der Waals surface area (Å²) in [6.07, 6.45) is 3.10. The molecule has 8 nitrogen and oxygen atoms in total. The number of nitrogens with zero attached hydrogens (tertiary/aromatic N) is 3. The van der Waals surface area contributed by atoms with Crippen LogP contribution in [0.4, 0.5) is 0 Å². The van der Waals surface area contributed by atoms with Gasteiger partial charge >= 0.3 is 0 Å². The Bertz CT molecular complexity index is 989. The van der Waals surface area contributed by atoms with Crippen molar-refractivity contribution in [3.8, 4) is 0 Å². The maximum Gasteiger partial charge on any atom is 0.269 e. The van der Waals surface area contributed by atoms with E-state index in [1.807, 2.05) is 0 Å². The number of imidazole rings is 1. The second kappa shape index (κ2) is 6.50. The summed E-state index contributed by atoms with van der Waals surface area (Å²) < 4.78 is 6.37. The van der Waals surface area contributed by atoms with Gasteiger partial charge in [0.25, 0.3) is 11.8 Å². The van der Waals surface area contributed by atoms with Crippen LogP contribution in [0.15, 0.2) is 23.0 Å². The third kappa shape index (κ3) is 2.74. The van der Waals surface area contributed by atoms with E-state index in [1.165, 1.54) is 28.9 Å². The number of methoxy groups -OCH3 is 1. The number of carbonyl (C=O) groups is 2. The van der Waals surface area contributed by atoms with E-state index >= 15 is 0 Å². The second-order valence-electron chi connectivity index (χ2n) is 6.19. The smallest absolute Gasteiger partial charge is 0.269 e. The molecule has 2 amide bonds. The number of nitrogens with one attached hydrogen (secondary N) is 1. The third-order valence-electron chi connectivity index (χ3n) is 4.45. The molecule has 0 radical (unpaired) electrons. The summed E-state index contributed by atoms with van der Waals surface area (Å²) in [5.41, 5.74) is 9.16. The van der Waals surface area contributed by atoms with Crippen LogP contribution in [-0.4, -0.2) is 39.6 Å². The Kier molecular flexibility index (Phi) is 4.17.